The molecule has 1 fully saturated rings. The Bertz CT molecular complexity index is 520. The number of carbonyl (C=O) groups is 1. The number of hydrogen-bond donors (Lipinski definition) is 2. The number of rotatable bonds is 4. The van der Waals surface area contributed by atoms with E-state index in [1.807, 2.05) is 4.72 Å². The number of nitrogens with one attached hydrogen (secondary N) is 1. The molecule has 0 radical (unpaired) electrons. The van der Waals surface area contributed by atoms with Crippen LogP contribution in [0, 0.1) is 0 Å². The van der Waals surface area contributed by atoms with Crippen molar-refractivity contribution in [3.63, 3.8) is 0 Å². The van der Waals surface area contributed by atoms with Crippen LogP contribution < -0.4 is 10.5 Å². The van der Waals surface area contributed by atoms with E-state index in [9.17, 15) is 13.2 Å². The number of anilines is 1. The van der Waals surface area contributed by atoms with E-state index in [0.717, 1.165) is 0 Å². The molecule has 0 bridgehead atoms. The summed E-state index contributed by atoms with van der Waals surface area (Å²) in [5.41, 5.74) is 6.44. The van der Waals surface area contributed by atoms with Gasteiger partial charge in [0.05, 0.1) is 23.6 Å². The Kier molecular flexibility index (Phi) is 3.01. The lowest BCUT2D eigenvalue weighted by Gasteiger charge is -2.05. The minimum Gasteiger partial charge on any atom is -0.397 e. The Morgan fingerprint density at radius 1 is 1.47 bits per heavy atom. The fraction of sp³-hybridized carbons (Fsp3) is 0.400. The number of nitrogen functional groups attached to an aromatic ring is 1. The molecule has 1 heterocycles. The van der Waals surface area contributed by atoms with Gasteiger partial charge >= 0.3 is 0 Å². The molecule has 3 N–H and O–H groups in total. The molecule has 1 aliphatic rings. The summed E-state index contributed by atoms with van der Waals surface area (Å²) in [6.45, 7) is 0. The van der Waals surface area contributed by atoms with E-state index < -0.39 is 21.2 Å². The third kappa shape index (κ3) is 3.16. The number of hydrogen-bond acceptors (Lipinski definition) is 5. The molecule has 2 rings (SSSR count). The zero-order chi connectivity index (χ0) is 12.5. The van der Waals surface area contributed by atoms with Gasteiger partial charge in [0, 0.05) is 5.69 Å². The van der Waals surface area contributed by atoms with Crippen LogP contribution in [0.5, 0.6) is 0 Å². The maximum atomic E-state index is 11.5. The van der Waals surface area contributed by atoms with Crippen molar-refractivity contribution < 1.29 is 13.2 Å². The Morgan fingerprint density at radius 3 is 2.71 bits per heavy atom. The number of aromatic nitrogens is 1. The first kappa shape index (κ1) is 11.8. The van der Waals surface area contributed by atoms with Gasteiger partial charge in [-0.3, -0.25) is 14.5 Å². The second kappa shape index (κ2) is 4.33. The van der Waals surface area contributed by atoms with Gasteiger partial charge < -0.3 is 5.73 Å². The van der Waals surface area contributed by atoms with Crippen LogP contribution in [0.2, 0.25) is 0 Å². The van der Waals surface area contributed by atoms with Crippen molar-refractivity contribution >= 4 is 21.6 Å². The second-order valence-corrected chi connectivity index (χ2v) is 5.99. The van der Waals surface area contributed by atoms with Crippen LogP contribution in [0.15, 0.2) is 18.3 Å². The quantitative estimate of drug-likeness (QED) is 0.776. The van der Waals surface area contributed by atoms with Gasteiger partial charge in [-0.05, 0) is 25.0 Å². The standard InChI is InChI=1S/C10H13N3O3S/c11-7-1-2-8(12-6-7)5-10(14)13-17(15,16)9-3-4-9/h1-2,6,9H,3-5,11H2,(H,13,14). The molecule has 1 aromatic rings. The molecule has 0 saturated heterocycles. The highest BCUT2D eigenvalue weighted by molar-refractivity contribution is 7.90. The van der Waals surface area contributed by atoms with E-state index in [1.54, 1.807) is 12.1 Å². The number of pyridine rings is 1. The molecular weight excluding hydrogens is 242 g/mol. The van der Waals surface area contributed by atoms with Gasteiger partial charge in [0.15, 0.2) is 0 Å². The predicted octanol–water partition coefficient (Wildman–Crippen LogP) is -0.185. The van der Waals surface area contributed by atoms with Crippen LogP contribution in [0.4, 0.5) is 5.69 Å². The molecule has 1 amide bonds. The molecule has 7 heteroatoms. The van der Waals surface area contributed by atoms with Crippen molar-refractivity contribution in [1.29, 1.82) is 0 Å². The van der Waals surface area contributed by atoms with Crippen LogP contribution in [-0.2, 0) is 21.2 Å². The predicted molar refractivity (Wildman–Crippen MR) is 62.4 cm³/mol. The molecule has 0 spiro atoms. The maximum absolute atomic E-state index is 11.5. The van der Waals surface area contributed by atoms with Crippen molar-refractivity contribution in [2.45, 2.75) is 24.5 Å². The normalized spacial score (nSPS) is 15.5. The van der Waals surface area contributed by atoms with Crippen molar-refractivity contribution in [3.05, 3.63) is 24.0 Å². The van der Waals surface area contributed by atoms with Gasteiger partial charge in [-0.2, -0.15) is 0 Å². The molecule has 0 aliphatic heterocycles. The van der Waals surface area contributed by atoms with Gasteiger partial charge in [-0.15, -0.1) is 0 Å². The topological polar surface area (TPSA) is 102 Å². The lowest BCUT2D eigenvalue weighted by atomic mass is 10.2. The van der Waals surface area contributed by atoms with E-state index in [1.165, 1.54) is 6.20 Å². The summed E-state index contributed by atoms with van der Waals surface area (Å²) < 4.78 is 25.0. The molecule has 1 aliphatic carbocycles. The van der Waals surface area contributed by atoms with E-state index in [2.05, 4.69) is 4.98 Å². The zero-order valence-electron chi connectivity index (χ0n) is 9.09. The number of sulfonamides is 1. The summed E-state index contributed by atoms with van der Waals surface area (Å²) in [4.78, 5) is 15.4. The number of nitrogens with two attached hydrogens (primary N) is 1. The van der Waals surface area contributed by atoms with E-state index in [0.29, 0.717) is 24.2 Å². The average molecular weight is 255 g/mol. The molecule has 1 saturated carbocycles. The van der Waals surface area contributed by atoms with Crippen LogP contribution in [0.25, 0.3) is 0 Å². The minimum absolute atomic E-state index is 0.0633. The highest BCUT2D eigenvalue weighted by Crippen LogP contribution is 2.27. The van der Waals surface area contributed by atoms with Gasteiger partial charge in [0.25, 0.3) is 0 Å². The molecule has 6 nitrogen and oxygen atoms in total. The highest BCUT2D eigenvalue weighted by atomic mass is 32.2. The monoisotopic (exact) mass is 255 g/mol. The molecule has 92 valence electrons. The van der Waals surface area contributed by atoms with Crippen molar-refractivity contribution in [2.24, 2.45) is 0 Å². The lowest BCUT2D eigenvalue weighted by Crippen LogP contribution is -2.34. The molecule has 0 atom stereocenters. The van der Waals surface area contributed by atoms with Crippen LogP contribution in [-0.4, -0.2) is 24.6 Å². The molecule has 0 unspecified atom stereocenters. The Labute approximate surface area is 99.3 Å². The minimum atomic E-state index is -3.47. The Morgan fingerprint density at radius 2 is 2.18 bits per heavy atom. The third-order valence-electron chi connectivity index (χ3n) is 2.41. The van der Waals surface area contributed by atoms with Crippen LogP contribution in [0.1, 0.15) is 18.5 Å². The van der Waals surface area contributed by atoms with Gasteiger partial charge in [-0.25, -0.2) is 8.42 Å². The van der Waals surface area contributed by atoms with Gasteiger partial charge in [0.2, 0.25) is 15.9 Å². The fourth-order valence-corrected chi connectivity index (χ4v) is 2.67. The van der Waals surface area contributed by atoms with Crippen molar-refractivity contribution in [3.8, 4) is 0 Å². The largest absolute Gasteiger partial charge is 0.397 e. The van der Waals surface area contributed by atoms with Crippen LogP contribution >= 0.6 is 0 Å². The molecule has 0 aromatic carbocycles. The lowest BCUT2D eigenvalue weighted by molar-refractivity contribution is -0.118. The smallest absolute Gasteiger partial charge is 0.239 e. The third-order valence-corrected chi connectivity index (χ3v) is 4.27. The summed E-state index contributed by atoms with van der Waals surface area (Å²) in [6, 6.07) is 3.21. The maximum Gasteiger partial charge on any atom is 0.239 e. The summed E-state index contributed by atoms with van der Waals surface area (Å²) in [7, 11) is -3.47. The molecule has 17 heavy (non-hydrogen) atoms. The van der Waals surface area contributed by atoms with Crippen LogP contribution in [0.3, 0.4) is 0 Å². The molecule has 1 aromatic heterocycles. The number of carbonyl (C=O) groups excluding carboxylic acids is 1. The van der Waals surface area contributed by atoms with Gasteiger partial charge in [0.1, 0.15) is 0 Å². The number of amides is 1. The summed E-state index contributed by atoms with van der Waals surface area (Å²) in [5, 5.41) is -0.397. The number of nitrogens with zero attached hydrogens (tertiary/aromatic N) is 1. The fourth-order valence-electron chi connectivity index (χ4n) is 1.36. The summed E-state index contributed by atoms with van der Waals surface area (Å²) >= 11 is 0. The first-order valence-electron chi connectivity index (χ1n) is 5.22. The summed E-state index contributed by atoms with van der Waals surface area (Å²) in [5.74, 6) is -0.561. The Hall–Kier alpha value is -1.63. The first-order valence-corrected chi connectivity index (χ1v) is 6.77. The van der Waals surface area contributed by atoms with E-state index in [-0.39, 0.29) is 6.42 Å². The SMILES string of the molecule is Nc1ccc(CC(=O)NS(=O)(=O)C2CC2)nc1. The highest BCUT2D eigenvalue weighted by Gasteiger charge is 2.36. The zero-order valence-corrected chi connectivity index (χ0v) is 9.90. The van der Waals surface area contributed by atoms with Crippen molar-refractivity contribution in [1.82, 2.24) is 9.71 Å². The summed E-state index contributed by atoms with van der Waals surface area (Å²) in [6.07, 6.45) is 2.62. The second-order valence-electron chi connectivity index (χ2n) is 4.03. The average Bonchev–Trinajstić information content (AvgIpc) is 3.04. The van der Waals surface area contributed by atoms with Crippen molar-refractivity contribution in [2.75, 3.05) is 5.73 Å². The van der Waals surface area contributed by atoms with E-state index >= 15 is 0 Å². The van der Waals surface area contributed by atoms with E-state index in [4.69, 9.17) is 5.73 Å². The molecular formula is C10H13N3O3S. The Balaban J connectivity index is 1.95. The van der Waals surface area contributed by atoms with Gasteiger partial charge in [-0.1, -0.05) is 0 Å². The first-order chi connectivity index (χ1) is 7.97.